The molecule has 0 radical (unpaired) electrons. The number of pyridine rings is 1. The molecule has 0 aromatic carbocycles. The van der Waals surface area contributed by atoms with Gasteiger partial charge in [-0.05, 0) is 60.2 Å². The first-order valence-electron chi connectivity index (χ1n) is 11.8. The molecule has 31 heavy (non-hydrogen) atoms. The third kappa shape index (κ3) is 4.13. The van der Waals surface area contributed by atoms with Crippen molar-refractivity contribution >= 4 is 0 Å². The Morgan fingerprint density at radius 2 is 1.94 bits per heavy atom. The van der Waals surface area contributed by atoms with Gasteiger partial charge in [0.25, 0.3) is 0 Å². The quantitative estimate of drug-likeness (QED) is 0.623. The van der Waals surface area contributed by atoms with E-state index in [9.17, 15) is 0 Å². The van der Waals surface area contributed by atoms with Gasteiger partial charge >= 0.3 is 0 Å². The lowest BCUT2D eigenvalue weighted by molar-refractivity contribution is 0.386. The van der Waals surface area contributed by atoms with Gasteiger partial charge in [0, 0.05) is 31.4 Å². The van der Waals surface area contributed by atoms with Gasteiger partial charge in [0.05, 0.1) is 17.9 Å². The van der Waals surface area contributed by atoms with Crippen molar-refractivity contribution in [2.24, 2.45) is 0 Å². The summed E-state index contributed by atoms with van der Waals surface area (Å²) >= 11 is 0. The lowest BCUT2D eigenvalue weighted by atomic mass is 10.0. The van der Waals surface area contributed by atoms with Crippen LogP contribution in [0.15, 0.2) is 30.7 Å². The van der Waals surface area contributed by atoms with E-state index in [4.69, 9.17) is 4.98 Å². The number of tetrazole rings is 1. The van der Waals surface area contributed by atoms with Gasteiger partial charge in [-0.15, -0.1) is 5.10 Å². The van der Waals surface area contributed by atoms with E-state index in [1.54, 1.807) is 0 Å². The number of hydrogen-bond donors (Lipinski definition) is 1. The van der Waals surface area contributed by atoms with Crippen molar-refractivity contribution in [3.63, 3.8) is 0 Å². The Bertz CT molecular complexity index is 973. The molecule has 1 N–H and O–H groups in total. The van der Waals surface area contributed by atoms with Crippen LogP contribution in [0.1, 0.15) is 99.3 Å². The van der Waals surface area contributed by atoms with Crippen molar-refractivity contribution in [3.05, 3.63) is 53.6 Å². The van der Waals surface area contributed by atoms with Crippen LogP contribution in [0.4, 0.5) is 0 Å². The van der Waals surface area contributed by atoms with E-state index in [0.29, 0.717) is 6.04 Å². The fraction of sp³-hybridized carbons (Fsp3) is 0.609. The molecule has 8 heteroatoms. The van der Waals surface area contributed by atoms with Gasteiger partial charge < -0.3 is 4.57 Å². The zero-order chi connectivity index (χ0) is 21.0. The lowest BCUT2D eigenvalue weighted by Gasteiger charge is -2.27. The zero-order valence-electron chi connectivity index (χ0n) is 18.3. The number of fused-ring (bicyclic) bond motifs is 1. The molecule has 8 nitrogen and oxygen atoms in total. The highest BCUT2D eigenvalue weighted by atomic mass is 15.6. The molecule has 3 aromatic heterocycles. The van der Waals surface area contributed by atoms with Gasteiger partial charge in [0.15, 0.2) is 5.82 Å². The van der Waals surface area contributed by atoms with Gasteiger partial charge in [-0.1, -0.05) is 26.2 Å². The maximum absolute atomic E-state index is 4.82. The van der Waals surface area contributed by atoms with Crippen LogP contribution in [0.25, 0.3) is 0 Å². The summed E-state index contributed by atoms with van der Waals surface area (Å²) in [7, 11) is 0. The average molecular weight is 421 g/mol. The Labute approximate surface area is 183 Å². The summed E-state index contributed by atoms with van der Waals surface area (Å²) in [5.41, 5.74) is 2.41. The predicted molar refractivity (Wildman–Crippen MR) is 117 cm³/mol. The highest BCUT2D eigenvalue weighted by Gasteiger charge is 2.31. The van der Waals surface area contributed by atoms with Crippen molar-refractivity contribution in [1.29, 1.82) is 0 Å². The van der Waals surface area contributed by atoms with Gasteiger partial charge in [-0.3, -0.25) is 10.3 Å². The van der Waals surface area contributed by atoms with Gasteiger partial charge in [0.2, 0.25) is 0 Å². The molecule has 0 amide bonds. The zero-order valence-corrected chi connectivity index (χ0v) is 18.3. The first kappa shape index (κ1) is 20.3. The van der Waals surface area contributed by atoms with Crippen LogP contribution in [0.2, 0.25) is 0 Å². The summed E-state index contributed by atoms with van der Waals surface area (Å²) in [5.74, 6) is 2.10. The third-order valence-electron chi connectivity index (χ3n) is 6.88. The molecule has 1 saturated carbocycles. The summed E-state index contributed by atoms with van der Waals surface area (Å²) < 4.78 is 4.50. The smallest absolute Gasteiger partial charge is 0.174 e. The van der Waals surface area contributed by atoms with E-state index in [1.807, 2.05) is 18.6 Å². The van der Waals surface area contributed by atoms with Crippen LogP contribution in [-0.2, 0) is 13.0 Å². The second kappa shape index (κ2) is 9.26. The average Bonchev–Trinajstić information content (AvgIpc) is 3.54. The molecule has 0 bridgehead atoms. The highest BCUT2D eigenvalue weighted by Crippen LogP contribution is 2.34. The Morgan fingerprint density at radius 1 is 1.10 bits per heavy atom. The van der Waals surface area contributed by atoms with Crippen molar-refractivity contribution in [3.8, 4) is 0 Å². The SMILES string of the molecule is CCC(NC(c1nnnn1C1CCCC1)c1cnc2n1CCCCC2)c1ccncc1. The number of nitrogens with zero attached hydrogens (tertiary/aromatic N) is 7. The molecule has 164 valence electrons. The van der Waals surface area contributed by atoms with E-state index in [1.165, 1.54) is 49.2 Å². The first-order valence-corrected chi connectivity index (χ1v) is 11.8. The topological polar surface area (TPSA) is 86.3 Å². The van der Waals surface area contributed by atoms with E-state index in [0.717, 1.165) is 38.1 Å². The number of hydrogen-bond acceptors (Lipinski definition) is 6. The van der Waals surface area contributed by atoms with Crippen molar-refractivity contribution in [1.82, 2.24) is 40.1 Å². The lowest BCUT2D eigenvalue weighted by Crippen LogP contribution is -2.32. The van der Waals surface area contributed by atoms with Crippen molar-refractivity contribution in [2.45, 2.75) is 89.4 Å². The number of rotatable bonds is 7. The monoisotopic (exact) mass is 420 g/mol. The summed E-state index contributed by atoms with van der Waals surface area (Å²) in [6.45, 7) is 3.23. The highest BCUT2D eigenvalue weighted by molar-refractivity contribution is 5.22. The van der Waals surface area contributed by atoms with Crippen molar-refractivity contribution in [2.75, 3.05) is 0 Å². The minimum atomic E-state index is -0.104. The molecule has 3 aromatic rings. The largest absolute Gasteiger partial charge is 0.330 e. The number of nitrogens with one attached hydrogen (secondary N) is 1. The molecule has 0 saturated heterocycles. The maximum Gasteiger partial charge on any atom is 0.174 e. The van der Waals surface area contributed by atoms with Crippen LogP contribution in [-0.4, -0.2) is 34.7 Å². The molecule has 1 aliphatic heterocycles. The molecule has 0 spiro atoms. The number of aromatic nitrogens is 7. The van der Waals surface area contributed by atoms with Crippen LogP contribution < -0.4 is 5.32 Å². The van der Waals surface area contributed by atoms with Crippen LogP contribution >= 0.6 is 0 Å². The summed E-state index contributed by atoms with van der Waals surface area (Å²) in [6.07, 6.45) is 16.2. The van der Waals surface area contributed by atoms with E-state index in [2.05, 4.69) is 54.1 Å². The standard InChI is InChI=1S/C23H32N8/c1-2-19(17-11-13-24-14-12-17)26-22(20-16-25-21-10-4-3-7-15-30(20)21)23-27-28-29-31(23)18-8-5-6-9-18/h11-14,16,18-19,22,26H,2-10,15H2,1H3. The molecule has 5 rings (SSSR count). The van der Waals surface area contributed by atoms with Gasteiger partial charge in [0.1, 0.15) is 11.9 Å². The van der Waals surface area contributed by atoms with Gasteiger partial charge in [-0.2, -0.15) is 0 Å². The summed E-state index contributed by atoms with van der Waals surface area (Å²) in [4.78, 5) is 9.01. The van der Waals surface area contributed by atoms with Crippen LogP contribution in [0.5, 0.6) is 0 Å². The molecule has 2 aliphatic rings. The maximum atomic E-state index is 4.82. The Balaban J connectivity index is 1.55. The second-order valence-corrected chi connectivity index (χ2v) is 8.82. The Hall–Kier alpha value is -2.61. The Morgan fingerprint density at radius 3 is 2.74 bits per heavy atom. The van der Waals surface area contributed by atoms with E-state index < -0.39 is 0 Å². The summed E-state index contributed by atoms with van der Waals surface area (Å²) in [5, 5.41) is 17.0. The van der Waals surface area contributed by atoms with Crippen LogP contribution in [0, 0.1) is 0 Å². The number of aryl methyl sites for hydroxylation is 1. The third-order valence-corrected chi connectivity index (χ3v) is 6.88. The normalized spacial score (nSPS) is 19.1. The fourth-order valence-electron chi connectivity index (χ4n) is 5.19. The van der Waals surface area contributed by atoms with Crippen LogP contribution in [0.3, 0.4) is 0 Å². The molecule has 2 unspecified atom stereocenters. The second-order valence-electron chi connectivity index (χ2n) is 8.82. The molecule has 1 aliphatic carbocycles. The molecule has 1 fully saturated rings. The number of imidazole rings is 1. The molecule has 2 atom stereocenters. The Kier molecular flexibility index (Phi) is 6.06. The predicted octanol–water partition coefficient (Wildman–Crippen LogP) is 3.94. The van der Waals surface area contributed by atoms with Gasteiger partial charge in [-0.25, -0.2) is 9.67 Å². The van der Waals surface area contributed by atoms with E-state index in [-0.39, 0.29) is 12.1 Å². The minimum Gasteiger partial charge on any atom is -0.330 e. The minimum absolute atomic E-state index is 0.104. The van der Waals surface area contributed by atoms with Crippen molar-refractivity contribution < 1.29 is 0 Å². The fourth-order valence-corrected chi connectivity index (χ4v) is 5.19. The first-order chi connectivity index (χ1) is 15.3. The molecular formula is C23H32N8. The summed E-state index contributed by atoms with van der Waals surface area (Å²) in [6, 6.07) is 4.65. The molecule has 4 heterocycles. The van der Waals surface area contributed by atoms with E-state index >= 15 is 0 Å². The molecular weight excluding hydrogens is 388 g/mol.